The molecule has 2 amide bonds. The van der Waals surface area contributed by atoms with Gasteiger partial charge >= 0.3 is 0 Å². The lowest BCUT2D eigenvalue weighted by Crippen LogP contribution is -2.42. The summed E-state index contributed by atoms with van der Waals surface area (Å²) in [5, 5.41) is 0. The lowest BCUT2D eigenvalue weighted by Gasteiger charge is -2.39. The van der Waals surface area contributed by atoms with Crippen LogP contribution in [-0.2, 0) is 4.79 Å². The molecule has 4 heteroatoms. The Bertz CT molecular complexity index is 752. The summed E-state index contributed by atoms with van der Waals surface area (Å²) in [5.41, 5.74) is 9.08. The van der Waals surface area contributed by atoms with E-state index in [9.17, 15) is 9.59 Å². The number of fused-ring (bicyclic) bond motifs is 1. The number of amides is 2. The molecule has 4 nitrogen and oxygen atoms in total. The van der Waals surface area contributed by atoms with Crippen LogP contribution in [0.15, 0.2) is 48.5 Å². The first-order valence-electron chi connectivity index (χ1n) is 7.77. The Kier molecular flexibility index (Phi) is 3.90. The zero-order chi connectivity index (χ0) is 16.6. The van der Waals surface area contributed by atoms with Gasteiger partial charge in [-0.3, -0.25) is 9.59 Å². The fourth-order valence-electron chi connectivity index (χ4n) is 3.49. The molecule has 2 atom stereocenters. The molecule has 0 aliphatic carbocycles. The maximum Gasteiger partial charge on any atom is 0.248 e. The van der Waals surface area contributed by atoms with Crippen molar-refractivity contribution in [1.82, 2.24) is 0 Å². The highest BCUT2D eigenvalue weighted by Gasteiger charge is 2.32. The second-order valence-electron chi connectivity index (χ2n) is 6.07. The third kappa shape index (κ3) is 2.72. The van der Waals surface area contributed by atoms with Gasteiger partial charge in [0.25, 0.3) is 0 Å². The summed E-state index contributed by atoms with van der Waals surface area (Å²) < 4.78 is 0. The SMILES string of the molecule is CC(=O)N1c2ccccc2C(c2ccc(C(N)=O)cc2)CC1C. The maximum atomic E-state index is 12.0. The van der Waals surface area contributed by atoms with Crippen LogP contribution in [0.1, 0.15) is 47.7 Å². The van der Waals surface area contributed by atoms with Gasteiger partial charge in [-0.25, -0.2) is 0 Å². The van der Waals surface area contributed by atoms with E-state index in [1.165, 1.54) is 0 Å². The summed E-state index contributed by atoms with van der Waals surface area (Å²) in [5.74, 6) is -0.150. The van der Waals surface area contributed by atoms with Crippen molar-refractivity contribution >= 4 is 17.5 Å². The predicted molar refractivity (Wildman–Crippen MR) is 90.5 cm³/mol. The van der Waals surface area contributed by atoms with Gasteiger partial charge in [-0.2, -0.15) is 0 Å². The molecule has 0 saturated carbocycles. The Hall–Kier alpha value is -2.62. The first-order valence-corrected chi connectivity index (χ1v) is 7.77. The molecule has 3 rings (SSSR count). The minimum atomic E-state index is -0.420. The van der Waals surface area contributed by atoms with E-state index in [0.717, 1.165) is 23.2 Å². The highest BCUT2D eigenvalue weighted by atomic mass is 16.2. The van der Waals surface area contributed by atoms with Crippen molar-refractivity contribution in [1.29, 1.82) is 0 Å². The van der Waals surface area contributed by atoms with E-state index in [0.29, 0.717) is 5.56 Å². The number of para-hydroxylation sites is 1. The molecular formula is C19H20N2O2. The van der Waals surface area contributed by atoms with E-state index in [2.05, 4.69) is 13.0 Å². The van der Waals surface area contributed by atoms with Crippen LogP contribution < -0.4 is 10.6 Å². The van der Waals surface area contributed by atoms with Crippen LogP contribution >= 0.6 is 0 Å². The third-order valence-corrected chi connectivity index (χ3v) is 4.53. The van der Waals surface area contributed by atoms with E-state index in [4.69, 9.17) is 5.73 Å². The van der Waals surface area contributed by atoms with Gasteiger partial charge < -0.3 is 10.6 Å². The van der Waals surface area contributed by atoms with Crippen molar-refractivity contribution in [2.45, 2.75) is 32.2 Å². The second-order valence-corrected chi connectivity index (χ2v) is 6.07. The molecule has 0 fully saturated rings. The number of anilines is 1. The second kappa shape index (κ2) is 5.88. The molecule has 0 spiro atoms. The van der Waals surface area contributed by atoms with Crippen LogP contribution in [0, 0.1) is 0 Å². The minimum absolute atomic E-state index is 0.0625. The number of benzene rings is 2. The van der Waals surface area contributed by atoms with Gasteiger partial charge in [0.1, 0.15) is 0 Å². The summed E-state index contributed by atoms with van der Waals surface area (Å²) in [4.78, 5) is 25.1. The molecule has 0 bridgehead atoms. The van der Waals surface area contributed by atoms with Crippen LogP contribution in [0.2, 0.25) is 0 Å². The van der Waals surface area contributed by atoms with Gasteiger partial charge in [0.15, 0.2) is 0 Å². The lowest BCUT2D eigenvalue weighted by molar-refractivity contribution is -0.117. The first-order chi connectivity index (χ1) is 11.0. The van der Waals surface area contributed by atoms with Crippen LogP contribution in [0.3, 0.4) is 0 Å². The Labute approximate surface area is 135 Å². The lowest BCUT2D eigenvalue weighted by atomic mass is 9.81. The molecule has 2 aromatic rings. The molecule has 0 aromatic heterocycles. The normalized spacial score (nSPS) is 20.0. The van der Waals surface area contributed by atoms with Gasteiger partial charge in [-0.05, 0) is 42.7 Å². The molecule has 1 heterocycles. The Morgan fingerprint density at radius 2 is 1.74 bits per heavy atom. The zero-order valence-electron chi connectivity index (χ0n) is 13.3. The van der Waals surface area contributed by atoms with Gasteiger partial charge in [0.2, 0.25) is 11.8 Å². The summed E-state index contributed by atoms with van der Waals surface area (Å²) in [6, 6.07) is 15.6. The number of nitrogens with two attached hydrogens (primary N) is 1. The highest BCUT2D eigenvalue weighted by Crippen LogP contribution is 2.41. The van der Waals surface area contributed by atoms with Crippen LogP contribution in [0.5, 0.6) is 0 Å². The Morgan fingerprint density at radius 3 is 2.35 bits per heavy atom. The molecule has 1 aliphatic rings. The highest BCUT2D eigenvalue weighted by molar-refractivity contribution is 5.94. The largest absolute Gasteiger partial charge is 0.366 e. The standard InChI is InChI=1S/C19H20N2O2/c1-12-11-17(14-7-9-15(10-8-14)19(20)23)16-5-3-4-6-18(16)21(12)13(2)22/h3-10,12,17H,11H2,1-2H3,(H2,20,23). The van der Waals surface area contributed by atoms with E-state index in [-0.39, 0.29) is 17.9 Å². The zero-order valence-corrected chi connectivity index (χ0v) is 13.3. The minimum Gasteiger partial charge on any atom is -0.366 e. The van der Waals surface area contributed by atoms with E-state index in [1.54, 1.807) is 19.1 Å². The number of hydrogen-bond donors (Lipinski definition) is 1. The maximum absolute atomic E-state index is 12.0. The summed E-state index contributed by atoms with van der Waals surface area (Å²) in [6.45, 7) is 3.68. The van der Waals surface area contributed by atoms with Crippen LogP contribution in [0.25, 0.3) is 0 Å². The van der Waals surface area contributed by atoms with Crippen LogP contribution in [-0.4, -0.2) is 17.9 Å². The van der Waals surface area contributed by atoms with Crippen molar-refractivity contribution < 1.29 is 9.59 Å². The number of hydrogen-bond acceptors (Lipinski definition) is 2. The number of nitrogens with zero attached hydrogens (tertiary/aromatic N) is 1. The summed E-state index contributed by atoms with van der Waals surface area (Å²) in [7, 11) is 0. The molecule has 1 aliphatic heterocycles. The molecule has 2 unspecified atom stereocenters. The molecule has 2 N–H and O–H groups in total. The quantitative estimate of drug-likeness (QED) is 0.926. The van der Waals surface area contributed by atoms with Crippen molar-refractivity contribution in [2.75, 3.05) is 4.90 Å². The first kappa shape index (κ1) is 15.3. The third-order valence-electron chi connectivity index (χ3n) is 4.53. The summed E-state index contributed by atoms with van der Waals surface area (Å²) >= 11 is 0. The average molecular weight is 308 g/mol. The molecule has 0 radical (unpaired) electrons. The molecular weight excluding hydrogens is 288 g/mol. The van der Waals surface area contributed by atoms with Crippen molar-refractivity contribution in [3.63, 3.8) is 0 Å². The number of carbonyl (C=O) groups excluding carboxylic acids is 2. The van der Waals surface area contributed by atoms with Crippen molar-refractivity contribution in [2.24, 2.45) is 5.73 Å². The van der Waals surface area contributed by atoms with Crippen molar-refractivity contribution in [3.05, 3.63) is 65.2 Å². The fraction of sp³-hybridized carbons (Fsp3) is 0.263. The van der Waals surface area contributed by atoms with E-state index in [1.807, 2.05) is 35.2 Å². The fourth-order valence-corrected chi connectivity index (χ4v) is 3.49. The van der Waals surface area contributed by atoms with Crippen molar-refractivity contribution in [3.8, 4) is 0 Å². The van der Waals surface area contributed by atoms with Gasteiger partial charge in [0, 0.05) is 30.1 Å². The number of primary amides is 1. The number of rotatable bonds is 2. The van der Waals surface area contributed by atoms with E-state index < -0.39 is 5.91 Å². The molecule has 0 saturated heterocycles. The predicted octanol–water partition coefficient (Wildman–Crippen LogP) is 3.06. The van der Waals surface area contributed by atoms with Gasteiger partial charge in [0.05, 0.1) is 0 Å². The average Bonchev–Trinajstić information content (AvgIpc) is 2.53. The van der Waals surface area contributed by atoms with E-state index >= 15 is 0 Å². The monoisotopic (exact) mass is 308 g/mol. The smallest absolute Gasteiger partial charge is 0.248 e. The number of carbonyl (C=O) groups is 2. The van der Waals surface area contributed by atoms with Gasteiger partial charge in [-0.1, -0.05) is 30.3 Å². The molecule has 118 valence electrons. The molecule has 2 aromatic carbocycles. The topological polar surface area (TPSA) is 63.4 Å². The Morgan fingerprint density at radius 1 is 1.09 bits per heavy atom. The van der Waals surface area contributed by atoms with Crippen LogP contribution in [0.4, 0.5) is 5.69 Å². The summed E-state index contributed by atoms with van der Waals surface area (Å²) in [6.07, 6.45) is 0.854. The Balaban J connectivity index is 2.05. The van der Waals surface area contributed by atoms with Gasteiger partial charge in [-0.15, -0.1) is 0 Å². The molecule has 23 heavy (non-hydrogen) atoms.